The molecule has 0 amide bonds. The summed E-state index contributed by atoms with van der Waals surface area (Å²) in [6.45, 7) is 2.15. The number of rotatable bonds is 2. The molecule has 2 heterocycles. The van der Waals surface area contributed by atoms with Crippen LogP contribution in [0.5, 0.6) is 0 Å². The zero-order valence-electron chi connectivity index (χ0n) is 8.61. The van der Waals surface area contributed by atoms with Crippen molar-refractivity contribution in [2.24, 2.45) is 0 Å². The lowest BCUT2D eigenvalue weighted by Gasteiger charge is -2.18. The number of hydrogen-bond donors (Lipinski definition) is 1. The molecule has 84 valence electrons. The van der Waals surface area contributed by atoms with E-state index in [1.54, 1.807) is 0 Å². The topological polar surface area (TPSA) is 51.0 Å². The summed E-state index contributed by atoms with van der Waals surface area (Å²) in [5.41, 5.74) is 0. The van der Waals surface area contributed by atoms with Crippen LogP contribution >= 0.6 is 12.4 Å². The molecule has 5 heteroatoms. The Kier molecular flexibility index (Phi) is 3.26. The molecule has 0 spiro atoms. The molecule has 4 nitrogen and oxygen atoms in total. The summed E-state index contributed by atoms with van der Waals surface area (Å²) in [4.78, 5) is 4.49. The van der Waals surface area contributed by atoms with Crippen LogP contribution in [0.3, 0.4) is 0 Å². The summed E-state index contributed by atoms with van der Waals surface area (Å²) < 4.78 is 5.32. The van der Waals surface area contributed by atoms with Crippen molar-refractivity contribution in [3.8, 4) is 0 Å². The van der Waals surface area contributed by atoms with Crippen molar-refractivity contribution in [3.63, 3.8) is 0 Å². The number of nitrogens with one attached hydrogen (secondary N) is 1. The van der Waals surface area contributed by atoms with Crippen molar-refractivity contribution in [2.45, 2.75) is 37.5 Å². The second-order valence-electron chi connectivity index (χ2n) is 4.29. The fourth-order valence-corrected chi connectivity index (χ4v) is 1.99. The van der Waals surface area contributed by atoms with E-state index in [-0.39, 0.29) is 12.4 Å². The van der Waals surface area contributed by atoms with Gasteiger partial charge in [-0.1, -0.05) is 5.16 Å². The van der Waals surface area contributed by atoms with Crippen molar-refractivity contribution in [3.05, 3.63) is 11.7 Å². The van der Waals surface area contributed by atoms with Crippen LogP contribution < -0.4 is 5.32 Å². The summed E-state index contributed by atoms with van der Waals surface area (Å²) in [5, 5.41) is 7.38. The minimum absolute atomic E-state index is 0. The fraction of sp³-hybridized carbons (Fsp3) is 0.800. The van der Waals surface area contributed by atoms with Gasteiger partial charge in [0.05, 0.1) is 0 Å². The molecule has 3 rings (SSSR count). The Morgan fingerprint density at radius 3 is 2.47 bits per heavy atom. The van der Waals surface area contributed by atoms with E-state index in [0.717, 1.165) is 37.6 Å². The molecule has 1 aromatic heterocycles. The predicted molar refractivity (Wildman–Crippen MR) is 58.4 cm³/mol. The maximum atomic E-state index is 5.32. The van der Waals surface area contributed by atoms with Crippen LogP contribution in [-0.2, 0) is 0 Å². The number of nitrogens with zero attached hydrogens (tertiary/aromatic N) is 2. The molecule has 1 N–H and O–H groups in total. The molecule has 0 aromatic carbocycles. The van der Waals surface area contributed by atoms with Crippen LogP contribution in [0.1, 0.15) is 49.2 Å². The van der Waals surface area contributed by atoms with E-state index in [2.05, 4.69) is 15.5 Å². The van der Waals surface area contributed by atoms with Crippen LogP contribution in [0.25, 0.3) is 0 Å². The van der Waals surface area contributed by atoms with Crippen LogP contribution in [0.4, 0.5) is 0 Å². The lowest BCUT2D eigenvalue weighted by atomic mass is 9.98. The molecule has 1 saturated carbocycles. The Morgan fingerprint density at radius 2 is 1.80 bits per heavy atom. The number of hydrogen-bond acceptors (Lipinski definition) is 4. The highest BCUT2D eigenvalue weighted by Gasteiger charge is 2.30. The number of halogens is 1. The van der Waals surface area contributed by atoms with E-state index < -0.39 is 0 Å². The molecule has 2 fully saturated rings. The van der Waals surface area contributed by atoms with Crippen LogP contribution in [0.15, 0.2) is 4.52 Å². The molecule has 1 aromatic rings. The van der Waals surface area contributed by atoms with E-state index in [1.807, 2.05) is 0 Å². The van der Waals surface area contributed by atoms with E-state index in [1.165, 1.54) is 12.8 Å². The molecule has 15 heavy (non-hydrogen) atoms. The van der Waals surface area contributed by atoms with Crippen LogP contribution in [0.2, 0.25) is 0 Å². The van der Waals surface area contributed by atoms with Gasteiger partial charge in [0.1, 0.15) is 0 Å². The average molecular weight is 230 g/mol. The molecule has 0 bridgehead atoms. The third-order valence-corrected chi connectivity index (χ3v) is 3.09. The lowest BCUT2D eigenvalue weighted by molar-refractivity contribution is 0.318. The van der Waals surface area contributed by atoms with Gasteiger partial charge >= 0.3 is 0 Å². The first kappa shape index (κ1) is 10.9. The zero-order chi connectivity index (χ0) is 9.38. The van der Waals surface area contributed by atoms with Gasteiger partial charge < -0.3 is 9.84 Å². The molecular formula is C10H16ClN3O. The molecule has 1 saturated heterocycles. The summed E-state index contributed by atoms with van der Waals surface area (Å²) in [6.07, 6.45) is 4.75. The maximum Gasteiger partial charge on any atom is 0.229 e. The SMILES string of the molecule is C1CC(c2nc(C3CC3)no2)CCN1.Cl. The smallest absolute Gasteiger partial charge is 0.229 e. The third-order valence-electron chi connectivity index (χ3n) is 3.09. The minimum atomic E-state index is 0. The molecular weight excluding hydrogens is 214 g/mol. The summed E-state index contributed by atoms with van der Waals surface area (Å²) in [6, 6.07) is 0. The average Bonchev–Trinajstić information content (AvgIpc) is 2.98. The van der Waals surface area contributed by atoms with Crippen LogP contribution in [0, 0.1) is 0 Å². The second-order valence-corrected chi connectivity index (χ2v) is 4.29. The van der Waals surface area contributed by atoms with Gasteiger partial charge in [0.25, 0.3) is 0 Å². The monoisotopic (exact) mass is 229 g/mol. The van der Waals surface area contributed by atoms with Gasteiger partial charge in [0.2, 0.25) is 5.89 Å². The summed E-state index contributed by atoms with van der Waals surface area (Å²) in [5.74, 6) is 2.91. The van der Waals surface area contributed by atoms with Gasteiger partial charge in [0, 0.05) is 11.8 Å². The third kappa shape index (κ3) is 2.32. The standard InChI is InChI=1S/C10H15N3O.ClH/c1-2-7(1)9-12-10(14-13-9)8-3-5-11-6-4-8;/h7-8,11H,1-6H2;1H. The fourth-order valence-electron chi connectivity index (χ4n) is 1.99. The molecule has 0 unspecified atom stereocenters. The predicted octanol–water partition coefficient (Wildman–Crippen LogP) is 1.84. The molecule has 2 aliphatic rings. The first-order chi connectivity index (χ1) is 6.93. The van der Waals surface area contributed by atoms with Gasteiger partial charge in [-0.05, 0) is 38.8 Å². The van der Waals surface area contributed by atoms with Crippen molar-refractivity contribution in [2.75, 3.05) is 13.1 Å². The van der Waals surface area contributed by atoms with Gasteiger partial charge in [-0.3, -0.25) is 0 Å². The summed E-state index contributed by atoms with van der Waals surface area (Å²) >= 11 is 0. The van der Waals surface area contributed by atoms with Crippen molar-refractivity contribution in [1.29, 1.82) is 0 Å². The Balaban J connectivity index is 0.000000853. The van der Waals surface area contributed by atoms with E-state index >= 15 is 0 Å². The Hall–Kier alpha value is -0.610. The minimum Gasteiger partial charge on any atom is -0.339 e. The molecule has 0 atom stereocenters. The Labute approximate surface area is 95.2 Å². The van der Waals surface area contributed by atoms with Gasteiger partial charge in [-0.25, -0.2) is 0 Å². The summed E-state index contributed by atoms with van der Waals surface area (Å²) in [7, 11) is 0. The second kappa shape index (κ2) is 4.49. The maximum absolute atomic E-state index is 5.32. The first-order valence-electron chi connectivity index (χ1n) is 5.47. The van der Waals surface area contributed by atoms with E-state index in [4.69, 9.17) is 4.52 Å². The Morgan fingerprint density at radius 1 is 1.07 bits per heavy atom. The zero-order valence-corrected chi connectivity index (χ0v) is 9.42. The molecule has 0 radical (unpaired) electrons. The Bertz CT molecular complexity index is 318. The number of piperidine rings is 1. The highest BCUT2D eigenvalue weighted by atomic mass is 35.5. The normalized spacial score (nSPS) is 22.4. The number of aromatic nitrogens is 2. The van der Waals surface area contributed by atoms with Gasteiger partial charge in [-0.2, -0.15) is 4.98 Å². The van der Waals surface area contributed by atoms with Gasteiger partial charge in [-0.15, -0.1) is 12.4 Å². The van der Waals surface area contributed by atoms with E-state index in [0.29, 0.717) is 11.8 Å². The highest BCUT2D eigenvalue weighted by Crippen LogP contribution is 2.38. The highest BCUT2D eigenvalue weighted by molar-refractivity contribution is 5.85. The van der Waals surface area contributed by atoms with Crippen molar-refractivity contribution >= 4 is 12.4 Å². The molecule has 1 aliphatic carbocycles. The largest absolute Gasteiger partial charge is 0.339 e. The van der Waals surface area contributed by atoms with Crippen LogP contribution in [-0.4, -0.2) is 23.2 Å². The van der Waals surface area contributed by atoms with Crippen molar-refractivity contribution in [1.82, 2.24) is 15.5 Å². The lowest BCUT2D eigenvalue weighted by Crippen LogP contribution is -2.26. The van der Waals surface area contributed by atoms with Gasteiger partial charge in [0.15, 0.2) is 5.82 Å². The quantitative estimate of drug-likeness (QED) is 0.841. The van der Waals surface area contributed by atoms with E-state index in [9.17, 15) is 0 Å². The van der Waals surface area contributed by atoms with Crippen molar-refractivity contribution < 1.29 is 4.52 Å². The molecule has 1 aliphatic heterocycles. The first-order valence-corrected chi connectivity index (χ1v) is 5.47.